The Labute approximate surface area is 135 Å². The van der Waals surface area contributed by atoms with Crippen molar-refractivity contribution in [1.29, 1.82) is 0 Å². The van der Waals surface area contributed by atoms with Crippen molar-refractivity contribution in [3.8, 4) is 0 Å². The summed E-state index contributed by atoms with van der Waals surface area (Å²) in [5, 5.41) is 5.36. The molecule has 0 aliphatic carbocycles. The van der Waals surface area contributed by atoms with E-state index in [0.29, 0.717) is 12.2 Å². The zero-order valence-corrected chi connectivity index (χ0v) is 13.3. The van der Waals surface area contributed by atoms with E-state index < -0.39 is 0 Å². The topological polar surface area (TPSA) is 67.2 Å². The molecule has 1 amide bonds. The number of amides is 1. The van der Waals surface area contributed by atoms with E-state index in [1.54, 1.807) is 17.4 Å². The van der Waals surface area contributed by atoms with Gasteiger partial charge in [-0.15, -0.1) is 0 Å². The van der Waals surface area contributed by atoms with E-state index in [1.165, 1.54) is 32.4 Å². The molecule has 122 valence electrons. The summed E-state index contributed by atoms with van der Waals surface area (Å²) in [5.41, 5.74) is 0.826. The normalized spacial score (nSPS) is 19.8. The summed E-state index contributed by atoms with van der Waals surface area (Å²) < 4.78 is 1.94. The molecule has 0 unspecified atom stereocenters. The summed E-state index contributed by atoms with van der Waals surface area (Å²) in [6.07, 6.45) is 8.78. The first-order chi connectivity index (χ1) is 11.3. The zero-order chi connectivity index (χ0) is 15.6. The van der Waals surface area contributed by atoms with E-state index in [0.717, 1.165) is 37.1 Å². The van der Waals surface area contributed by atoms with Crippen molar-refractivity contribution in [3.63, 3.8) is 0 Å². The lowest BCUT2D eigenvalue weighted by Crippen LogP contribution is -2.32. The number of carbonyl (C=O) groups excluding carboxylic acids is 1. The van der Waals surface area contributed by atoms with Crippen LogP contribution in [-0.2, 0) is 11.3 Å². The van der Waals surface area contributed by atoms with Crippen LogP contribution in [0.5, 0.6) is 0 Å². The van der Waals surface area contributed by atoms with Gasteiger partial charge in [-0.25, -0.2) is 14.6 Å². The molecule has 7 nitrogen and oxygen atoms in total. The van der Waals surface area contributed by atoms with Crippen LogP contribution in [-0.4, -0.2) is 56.7 Å². The molecule has 2 aromatic heterocycles. The number of aromatic nitrogens is 4. The van der Waals surface area contributed by atoms with Gasteiger partial charge in [-0.05, 0) is 32.4 Å². The molecule has 2 aliphatic rings. The van der Waals surface area contributed by atoms with Gasteiger partial charge in [-0.1, -0.05) is 6.42 Å². The van der Waals surface area contributed by atoms with E-state index in [9.17, 15) is 4.79 Å². The Kier molecular flexibility index (Phi) is 3.95. The van der Waals surface area contributed by atoms with Crippen LogP contribution in [0.2, 0.25) is 0 Å². The number of fused-ring (bicyclic) bond motifs is 1. The van der Waals surface area contributed by atoms with Crippen molar-refractivity contribution in [1.82, 2.24) is 24.6 Å². The molecular weight excluding hydrogens is 292 g/mol. The van der Waals surface area contributed by atoms with E-state index in [4.69, 9.17) is 0 Å². The van der Waals surface area contributed by atoms with Gasteiger partial charge in [0.2, 0.25) is 5.91 Å². The van der Waals surface area contributed by atoms with Gasteiger partial charge in [0, 0.05) is 19.5 Å². The summed E-state index contributed by atoms with van der Waals surface area (Å²) >= 11 is 0. The molecule has 7 heteroatoms. The third-order valence-corrected chi connectivity index (χ3v) is 4.82. The average Bonchev–Trinajstić information content (AvgIpc) is 3.20. The maximum atomic E-state index is 12.0. The van der Waals surface area contributed by atoms with Gasteiger partial charge in [-0.3, -0.25) is 9.69 Å². The number of hydrogen-bond donors (Lipinski definition) is 0. The molecule has 2 saturated heterocycles. The monoisotopic (exact) mass is 314 g/mol. The third-order valence-electron chi connectivity index (χ3n) is 4.82. The molecule has 2 aliphatic heterocycles. The second-order valence-electron chi connectivity index (χ2n) is 6.35. The minimum Gasteiger partial charge on any atom is -0.301 e. The molecular formula is C16H22N6O. The number of piperidine rings is 1. The van der Waals surface area contributed by atoms with E-state index >= 15 is 0 Å². The van der Waals surface area contributed by atoms with Crippen LogP contribution in [0.1, 0.15) is 32.1 Å². The van der Waals surface area contributed by atoms with Crippen molar-refractivity contribution in [3.05, 3.63) is 12.5 Å². The van der Waals surface area contributed by atoms with Gasteiger partial charge in [-0.2, -0.15) is 5.10 Å². The maximum absolute atomic E-state index is 12.0. The Bertz CT molecular complexity index is 706. The predicted molar refractivity (Wildman–Crippen MR) is 87.2 cm³/mol. The van der Waals surface area contributed by atoms with E-state index in [2.05, 4.69) is 20.0 Å². The van der Waals surface area contributed by atoms with Gasteiger partial charge in [0.05, 0.1) is 18.1 Å². The Morgan fingerprint density at radius 1 is 1.00 bits per heavy atom. The molecule has 0 aromatic carbocycles. The van der Waals surface area contributed by atoms with Crippen molar-refractivity contribution < 1.29 is 4.79 Å². The van der Waals surface area contributed by atoms with Gasteiger partial charge in [0.15, 0.2) is 5.65 Å². The first kappa shape index (κ1) is 14.6. The first-order valence-corrected chi connectivity index (χ1v) is 8.52. The molecule has 4 heterocycles. The van der Waals surface area contributed by atoms with Gasteiger partial charge in [0.1, 0.15) is 12.1 Å². The fourth-order valence-electron chi connectivity index (χ4n) is 3.55. The highest BCUT2D eigenvalue weighted by Crippen LogP contribution is 2.26. The Hall–Kier alpha value is -2.02. The van der Waals surface area contributed by atoms with E-state index in [1.807, 2.05) is 4.68 Å². The second-order valence-corrected chi connectivity index (χ2v) is 6.35. The van der Waals surface area contributed by atoms with Crippen molar-refractivity contribution in [2.75, 3.05) is 31.1 Å². The molecule has 0 atom stereocenters. The lowest BCUT2D eigenvalue weighted by molar-refractivity contribution is -0.117. The van der Waals surface area contributed by atoms with Crippen LogP contribution in [0.15, 0.2) is 12.5 Å². The SMILES string of the molecule is O=C1CCCN1c1ncnc2c1cnn2CCN1CCCCC1. The molecule has 23 heavy (non-hydrogen) atoms. The molecule has 0 bridgehead atoms. The molecule has 0 saturated carbocycles. The number of anilines is 1. The number of nitrogens with zero attached hydrogens (tertiary/aromatic N) is 6. The summed E-state index contributed by atoms with van der Waals surface area (Å²) in [7, 11) is 0. The molecule has 2 fully saturated rings. The molecule has 0 radical (unpaired) electrons. The summed E-state index contributed by atoms with van der Waals surface area (Å²) in [5.74, 6) is 0.854. The fraction of sp³-hybridized carbons (Fsp3) is 0.625. The predicted octanol–water partition coefficient (Wildman–Crippen LogP) is 1.44. The molecule has 0 N–H and O–H groups in total. The van der Waals surface area contributed by atoms with Crippen LogP contribution >= 0.6 is 0 Å². The highest BCUT2D eigenvalue weighted by molar-refractivity contribution is 6.01. The van der Waals surface area contributed by atoms with Crippen molar-refractivity contribution in [2.24, 2.45) is 0 Å². The summed E-state index contributed by atoms with van der Waals surface area (Å²) in [6, 6.07) is 0. The summed E-state index contributed by atoms with van der Waals surface area (Å²) in [6.45, 7) is 4.93. The van der Waals surface area contributed by atoms with Crippen molar-refractivity contribution in [2.45, 2.75) is 38.6 Å². The van der Waals surface area contributed by atoms with Crippen molar-refractivity contribution >= 4 is 22.8 Å². The Morgan fingerprint density at radius 2 is 1.87 bits per heavy atom. The highest BCUT2D eigenvalue weighted by Gasteiger charge is 2.25. The number of carbonyl (C=O) groups is 1. The van der Waals surface area contributed by atoms with Crippen LogP contribution in [0.3, 0.4) is 0 Å². The number of likely N-dealkylation sites (tertiary alicyclic amines) is 1. The molecule has 4 rings (SSSR count). The summed E-state index contributed by atoms with van der Waals surface area (Å²) in [4.78, 5) is 25.0. The van der Waals surface area contributed by atoms with Crippen LogP contribution in [0, 0.1) is 0 Å². The fourth-order valence-corrected chi connectivity index (χ4v) is 3.55. The van der Waals surface area contributed by atoms with Gasteiger partial charge < -0.3 is 4.90 Å². The highest BCUT2D eigenvalue weighted by atomic mass is 16.2. The lowest BCUT2D eigenvalue weighted by Gasteiger charge is -2.26. The first-order valence-electron chi connectivity index (χ1n) is 8.52. The van der Waals surface area contributed by atoms with Crippen LogP contribution < -0.4 is 4.90 Å². The van der Waals surface area contributed by atoms with Gasteiger partial charge >= 0.3 is 0 Å². The van der Waals surface area contributed by atoms with Crippen LogP contribution in [0.25, 0.3) is 11.0 Å². The third kappa shape index (κ3) is 2.81. The maximum Gasteiger partial charge on any atom is 0.228 e. The van der Waals surface area contributed by atoms with E-state index in [-0.39, 0.29) is 5.91 Å². The van der Waals surface area contributed by atoms with Gasteiger partial charge in [0.25, 0.3) is 0 Å². The quantitative estimate of drug-likeness (QED) is 0.854. The second kappa shape index (κ2) is 6.23. The Morgan fingerprint density at radius 3 is 2.65 bits per heavy atom. The molecule has 2 aromatic rings. The zero-order valence-electron chi connectivity index (χ0n) is 13.3. The molecule has 0 spiro atoms. The standard InChI is InChI=1S/C16H22N6O/c23-14-5-4-8-21(14)15-13-11-19-22(16(13)18-12-17-15)10-9-20-6-2-1-3-7-20/h11-12H,1-10H2. The minimum absolute atomic E-state index is 0.145. The number of hydrogen-bond acceptors (Lipinski definition) is 5. The average molecular weight is 314 g/mol. The smallest absolute Gasteiger partial charge is 0.228 e. The largest absolute Gasteiger partial charge is 0.301 e. The number of rotatable bonds is 4. The Balaban J connectivity index is 1.56. The lowest BCUT2D eigenvalue weighted by atomic mass is 10.1. The minimum atomic E-state index is 0.145. The van der Waals surface area contributed by atoms with Crippen LogP contribution in [0.4, 0.5) is 5.82 Å².